The lowest BCUT2D eigenvalue weighted by molar-refractivity contribution is -0.359. The van der Waals surface area contributed by atoms with Crippen LogP contribution >= 0.6 is 0 Å². The first-order valence-electron chi connectivity index (χ1n) is 17.9. The highest BCUT2D eigenvalue weighted by molar-refractivity contribution is 5.31. The van der Waals surface area contributed by atoms with E-state index in [4.69, 9.17) is 23.4 Å². The molecule has 7 rings (SSSR count). The van der Waals surface area contributed by atoms with Crippen LogP contribution < -0.4 is 5.63 Å². The molecule has 4 aliphatic carbocycles. The summed E-state index contributed by atoms with van der Waals surface area (Å²) in [6.45, 7) is 5.49. The van der Waals surface area contributed by atoms with Crippen molar-refractivity contribution in [3.8, 4) is 0 Å². The normalized spacial score (nSPS) is 51.3. The van der Waals surface area contributed by atoms with Gasteiger partial charge in [-0.1, -0.05) is 25.5 Å². The molecule has 7 N–H and O–H groups in total. The average Bonchev–Trinajstić information content (AvgIpc) is 3.36. The Morgan fingerprint density at radius 1 is 0.837 bits per heavy atom. The summed E-state index contributed by atoms with van der Waals surface area (Å²) in [5.74, 6) is 0.549. The Morgan fingerprint density at radius 3 is 2.31 bits per heavy atom. The average molecular weight is 693 g/mol. The van der Waals surface area contributed by atoms with Gasteiger partial charge in [0.25, 0.3) is 0 Å². The molecule has 0 unspecified atom stereocenters. The van der Waals surface area contributed by atoms with Crippen molar-refractivity contribution < 1.29 is 59.1 Å². The third-order valence-electron chi connectivity index (χ3n) is 13.6. The van der Waals surface area contributed by atoms with Gasteiger partial charge in [-0.25, -0.2) is 4.79 Å². The zero-order valence-corrected chi connectivity index (χ0v) is 28.3. The van der Waals surface area contributed by atoms with Crippen LogP contribution in [0.2, 0.25) is 0 Å². The molecular weight excluding hydrogens is 640 g/mol. The van der Waals surface area contributed by atoms with Crippen LogP contribution in [0.3, 0.4) is 0 Å². The van der Waals surface area contributed by atoms with E-state index < -0.39 is 73.6 Å². The van der Waals surface area contributed by atoms with E-state index in [2.05, 4.69) is 19.9 Å². The topological polar surface area (TPSA) is 209 Å². The Labute approximate surface area is 285 Å². The second-order valence-corrected chi connectivity index (χ2v) is 15.9. The van der Waals surface area contributed by atoms with E-state index in [1.165, 1.54) is 11.6 Å². The molecule has 0 radical (unpaired) electrons. The van der Waals surface area contributed by atoms with Crippen molar-refractivity contribution in [3.63, 3.8) is 0 Å². The van der Waals surface area contributed by atoms with E-state index in [-0.39, 0.29) is 34.4 Å². The van der Waals surface area contributed by atoms with Crippen molar-refractivity contribution in [2.45, 2.75) is 151 Å². The summed E-state index contributed by atoms with van der Waals surface area (Å²) < 4.78 is 28.7. The Balaban J connectivity index is 1.05. The van der Waals surface area contributed by atoms with E-state index in [0.717, 1.165) is 44.1 Å². The number of aliphatic hydroxyl groups excluding tert-OH is 6. The van der Waals surface area contributed by atoms with Crippen molar-refractivity contribution in [3.05, 3.63) is 46.0 Å². The Bertz CT molecular complexity index is 1430. The fraction of sp³-hybridized carbons (Fsp3) is 0.806. The van der Waals surface area contributed by atoms with Gasteiger partial charge in [-0.3, -0.25) is 0 Å². The number of ether oxygens (including phenoxy) is 4. The van der Waals surface area contributed by atoms with Crippen LogP contribution in [-0.2, 0) is 18.9 Å². The van der Waals surface area contributed by atoms with Gasteiger partial charge in [0.15, 0.2) is 12.6 Å². The monoisotopic (exact) mass is 692 g/mol. The van der Waals surface area contributed by atoms with E-state index in [9.17, 15) is 40.5 Å². The first-order valence-corrected chi connectivity index (χ1v) is 17.9. The van der Waals surface area contributed by atoms with E-state index in [0.29, 0.717) is 18.8 Å². The number of hydrogen-bond acceptors (Lipinski definition) is 13. The molecular formula is C36H52O13. The molecule has 3 saturated carbocycles. The minimum absolute atomic E-state index is 0.119. The van der Waals surface area contributed by atoms with E-state index in [1.807, 2.05) is 6.07 Å². The van der Waals surface area contributed by atoms with E-state index in [1.54, 1.807) is 13.2 Å². The molecule has 0 bridgehead atoms. The second-order valence-electron chi connectivity index (χ2n) is 15.9. The molecule has 0 aromatic carbocycles. The SMILES string of the molecule is C[C@H]1O[C@@H](O[C@@H]2C=C3CC[C@H]4[C@@H](CC[C@@]5(C)[C@H](c6ccc(=O)oc6)CC[C@]45O)[C@]3(C)CC2)[C@H](O)[C@@H](O[C@H]2O[C@@H](CO)[C@H](O)[C@@H](O)[C@@H]2O)[C@H]1O. The predicted octanol–water partition coefficient (Wildman–Crippen LogP) is 0.838. The number of rotatable bonds is 6. The molecule has 2 aliphatic heterocycles. The summed E-state index contributed by atoms with van der Waals surface area (Å²) in [7, 11) is 0. The Kier molecular flexibility index (Phi) is 9.48. The first-order chi connectivity index (χ1) is 23.2. The van der Waals surface area contributed by atoms with Crippen LogP contribution in [0.25, 0.3) is 0 Å². The summed E-state index contributed by atoms with van der Waals surface area (Å²) >= 11 is 0. The zero-order chi connectivity index (χ0) is 35.0. The molecule has 13 nitrogen and oxygen atoms in total. The van der Waals surface area contributed by atoms with Gasteiger partial charge in [0.05, 0.1) is 30.7 Å². The van der Waals surface area contributed by atoms with Gasteiger partial charge < -0.3 is 59.1 Å². The van der Waals surface area contributed by atoms with Gasteiger partial charge in [0, 0.05) is 11.5 Å². The van der Waals surface area contributed by atoms with Gasteiger partial charge in [0.2, 0.25) is 0 Å². The third-order valence-corrected chi connectivity index (χ3v) is 13.6. The molecule has 2 saturated heterocycles. The predicted molar refractivity (Wildman–Crippen MR) is 171 cm³/mol. The largest absolute Gasteiger partial charge is 0.431 e. The molecule has 0 amide bonds. The standard InChI is InChI=1S/C36H52O13/c1-17-26(39)31(49-32-29(42)28(41)27(40)24(15-37)48-32)30(43)33(46-17)47-20-8-11-34(2)19(14-20)5-6-23-22(34)9-12-35(3)21(10-13-36(23,35)44)18-4-7-25(38)45-16-18/h4,7,14,16-17,20-24,26-33,37,39-44H,5-6,8-13,15H2,1-3H3/t17-,20+,21+,22-,23+,24+,26+,27+,28-,29+,30-,31+,32-,33+,34-,35+,36+/m1/s1. The van der Waals surface area contributed by atoms with Gasteiger partial charge in [0.1, 0.15) is 42.7 Å². The van der Waals surface area contributed by atoms with Crippen molar-refractivity contribution in [1.29, 1.82) is 0 Å². The molecule has 17 atom stereocenters. The molecule has 5 fully saturated rings. The molecule has 1 aromatic heterocycles. The summed E-state index contributed by atoms with van der Waals surface area (Å²) in [6.07, 6.45) is -3.95. The lowest BCUT2D eigenvalue weighted by Crippen LogP contribution is -2.64. The minimum atomic E-state index is -1.70. The minimum Gasteiger partial charge on any atom is -0.431 e. The molecule has 0 spiro atoms. The maximum atomic E-state index is 12.5. The Hall–Kier alpha value is -1.75. The summed E-state index contributed by atoms with van der Waals surface area (Å²) in [5.41, 5.74) is 0.613. The van der Waals surface area contributed by atoms with Crippen LogP contribution in [0.1, 0.15) is 83.6 Å². The fourth-order valence-corrected chi connectivity index (χ4v) is 10.7. The zero-order valence-electron chi connectivity index (χ0n) is 28.3. The summed E-state index contributed by atoms with van der Waals surface area (Å²) in [4.78, 5) is 11.6. The lowest BCUT2D eigenvalue weighted by Gasteiger charge is -2.62. The number of hydrogen-bond donors (Lipinski definition) is 7. The third kappa shape index (κ3) is 5.68. The Morgan fingerprint density at radius 2 is 1.59 bits per heavy atom. The molecule has 3 heterocycles. The van der Waals surface area contributed by atoms with Crippen LogP contribution in [0.5, 0.6) is 0 Å². The van der Waals surface area contributed by atoms with Crippen LogP contribution in [0, 0.1) is 22.7 Å². The summed E-state index contributed by atoms with van der Waals surface area (Å²) in [6, 6.07) is 3.32. The first kappa shape index (κ1) is 35.6. The van der Waals surface area contributed by atoms with Crippen molar-refractivity contribution in [2.24, 2.45) is 22.7 Å². The maximum Gasteiger partial charge on any atom is 0.335 e. The molecule has 6 aliphatic rings. The molecule has 49 heavy (non-hydrogen) atoms. The van der Waals surface area contributed by atoms with E-state index >= 15 is 0 Å². The second kappa shape index (κ2) is 13.0. The highest BCUT2D eigenvalue weighted by Gasteiger charge is 2.67. The van der Waals surface area contributed by atoms with Crippen molar-refractivity contribution in [2.75, 3.05) is 6.61 Å². The molecule has 13 heteroatoms. The number of aliphatic hydroxyl groups is 7. The van der Waals surface area contributed by atoms with Gasteiger partial charge in [-0.2, -0.15) is 0 Å². The van der Waals surface area contributed by atoms with Crippen molar-refractivity contribution in [1.82, 2.24) is 0 Å². The number of fused-ring (bicyclic) bond motifs is 5. The van der Waals surface area contributed by atoms with Crippen LogP contribution in [0.15, 0.2) is 39.3 Å². The lowest BCUT2D eigenvalue weighted by atomic mass is 9.45. The summed E-state index contributed by atoms with van der Waals surface area (Å²) in [5, 5.41) is 75.1. The van der Waals surface area contributed by atoms with Crippen molar-refractivity contribution >= 4 is 0 Å². The smallest absolute Gasteiger partial charge is 0.335 e. The van der Waals surface area contributed by atoms with Gasteiger partial charge >= 0.3 is 5.63 Å². The molecule has 274 valence electrons. The van der Waals surface area contributed by atoms with Gasteiger partial charge in [-0.15, -0.1) is 0 Å². The van der Waals surface area contributed by atoms with Gasteiger partial charge in [-0.05, 0) is 93.1 Å². The quantitative estimate of drug-likeness (QED) is 0.207. The molecule has 1 aromatic rings. The maximum absolute atomic E-state index is 12.5. The highest BCUT2D eigenvalue weighted by atomic mass is 16.7. The van der Waals surface area contributed by atoms with Crippen LogP contribution in [0.4, 0.5) is 0 Å². The highest BCUT2D eigenvalue weighted by Crippen LogP contribution is 2.70. The van der Waals surface area contributed by atoms with Crippen LogP contribution in [-0.4, -0.2) is 115 Å². The number of allylic oxidation sites excluding steroid dienone is 1. The fourth-order valence-electron chi connectivity index (χ4n) is 10.7.